The predicted molar refractivity (Wildman–Crippen MR) is 96.2 cm³/mol. The van der Waals surface area contributed by atoms with E-state index >= 15 is 0 Å². The summed E-state index contributed by atoms with van der Waals surface area (Å²) in [5.41, 5.74) is 6.81. The second kappa shape index (κ2) is 6.76. The Kier molecular flexibility index (Phi) is 4.31. The minimum atomic E-state index is 0.0627. The van der Waals surface area contributed by atoms with Crippen molar-refractivity contribution in [2.45, 2.75) is 13.0 Å². The average molecular weight is 341 g/mol. The molecule has 0 saturated carbocycles. The van der Waals surface area contributed by atoms with Crippen LogP contribution in [0.3, 0.4) is 0 Å². The summed E-state index contributed by atoms with van der Waals surface area (Å²) in [6.45, 7) is 7.02. The summed E-state index contributed by atoms with van der Waals surface area (Å²) in [5.74, 6) is 2.94. The van der Waals surface area contributed by atoms with Gasteiger partial charge in [-0.1, -0.05) is 12.1 Å². The van der Waals surface area contributed by atoms with Crippen molar-refractivity contribution in [2.24, 2.45) is 0 Å². The average Bonchev–Trinajstić information content (AvgIpc) is 2.65. The predicted octanol–water partition coefficient (Wildman–Crippen LogP) is 1.33. The lowest BCUT2D eigenvalue weighted by atomic mass is 10.2. The fourth-order valence-corrected chi connectivity index (χ4v) is 3.17. The second-order valence-electron chi connectivity index (χ2n) is 6.52. The number of aryl methyl sites for hydroxylation is 1. The molecule has 1 aromatic heterocycles. The molecule has 25 heavy (non-hydrogen) atoms. The Morgan fingerprint density at radius 1 is 1.16 bits per heavy atom. The minimum Gasteiger partial charge on any atom is -0.486 e. The van der Waals surface area contributed by atoms with Crippen LogP contribution < -0.4 is 20.1 Å². The minimum absolute atomic E-state index is 0.0627. The van der Waals surface area contributed by atoms with E-state index in [0.29, 0.717) is 18.4 Å². The number of nitrogen functional groups attached to an aromatic ring is 1. The maximum Gasteiger partial charge on any atom is 0.227 e. The van der Waals surface area contributed by atoms with E-state index < -0.39 is 0 Å². The van der Waals surface area contributed by atoms with E-state index in [1.807, 2.05) is 31.2 Å². The van der Waals surface area contributed by atoms with Gasteiger partial charge in [-0.05, 0) is 19.1 Å². The van der Waals surface area contributed by atoms with Gasteiger partial charge in [-0.25, -0.2) is 4.98 Å². The zero-order chi connectivity index (χ0) is 17.2. The number of fused-ring (bicyclic) bond motifs is 1. The number of ether oxygens (including phenoxy) is 2. The van der Waals surface area contributed by atoms with E-state index in [4.69, 9.17) is 15.2 Å². The van der Waals surface area contributed by atoms with Crippen molar-refractivity contribution in [1.29, 1.82) is 0 Å². The van der Waals surface area contributed by atoms with Crippen molar-refractivity contribution in [3.63, 3.8) is 0 Å². The van der Waals surface area contributed by atoms with Gasteiger partial charge in [0.25, 0.3) is 0 Å². The highest BCUT2D eigenvalue weighted by atomic mass is 16.6. The molecule has 132 valence electrons. The third kappa shape index (κ3) is 3.46. The monoisotopic (exact) mass is 341 g/mol. The highest BCUT2D eigenvalue weighted by Gasteiger charge is 2.26. The fraction of sp³-hybridized carbons (Fsp3) is 0.444. The molecule has 1 aromatic carbocycles. The van der Waals surface area contributed by atoms with Gasteiger partial charge in [0.05, 0.1) is 0 Å². The van der Waals surface area contributed by atoms with Crippen LogP contribution in [-0.4, -0.2) is 60.3 Å². The molecule has 1 saturated heterocycles. The number of anilines is 2. The Morgan fingerprint density at radius 2 is 1.92 bits per heavy atom. The van der Waals surface area contributed by atoms with Crippen molar-refractivity contribution in [3.8, 4) is 11.5 Å². The molecule has 3 heterocycles. The molecule has 0 radical (unpaired) electrons. The van der Waals surface area contributed by atoms with Crippen molar-refractivity contribution >= 4 is 11.8 Å². The lowest BCUT2D eigenvalue weighted by molar-refractivity contribution is 0.0570. The summed E-state index contributed by atoms with van der Waals surface area (Å²) >= 11 is 0. The molecule has 2 aliphatic heterocycles. The second-order valence-corrected chi connectivity index (χ2v) is 6.52. The number of hydrogen-bond donors (Lipinski definition) is 1. The lowest BCUT2D eigenvalue weighted by Gasteiger charge is -2.37. The largest absolute Gasteiger partial charge is 0.486 e. The maximum atomic E-state index is 6.05. The van der Waals surface area contributed by atoms with Gasteiger partial charge in [0.2, 0.25) is 5.95 Å². The van der Waals surface area contributed by atoms with Crippen LogP contribution in [0.15, 0.2) is 30.5 Å². The van der Waals surface area contributed by atoms with E-state index in [2.05, 4.69) is 19.8 Å². The molecular formula is C18H23N5O2. The van der Waals surface area contributed by atoms with Gasteiger partial charge in [-0.3, -0.25) is 4.90 Å². The Hall–Kier alpha value is -2.54. The number of para-hydroxylation sites is 2. The first kappa shape index (κ1) is 16.0. The van der Waals surface area contributed by atoms with Crippen molar-refractivity contribution in [2.75, 3.05) is 50.0 Å². The third-order valence-corrected chi connectivity index (χ3v) is 4.68. The molecule has 0 aliphatic carbocycles. The van der Waals surface area contributed by atoms with Crippen LogP contribution in [0.2, 0.25) is 0 Å². The zero-order valence-corrected chi connectivity index (χ0v) is 14.4. The standard InChI is InChI=1S/C18H23N5O2/c1-13-10-20-18(21-17(13)19)23-8-6-22(7-9-23)11-14-12-24-15-4-2-3-5-16(15)25-14/h2-5,10,14H,6-9,11-12H2,1H3,(H2,19,20,21). The molecule has 7 nitrogen and oxygen atoms in total. The zero-order valence-electron chi connectivity index (χ0n) is 14.4. The van der Waals surface area contributed by atoms with Crippen LogP contribution in [0, 0.1) is 6.92 Å². The molecule has 2 N–H and O–H groups in total. The normalized spacial score (nSPS) is 20.5. The number of piperazine rings is 1. The quantitative estimate of drug-likeness (QED) is 0.902. The van der Waals surface area contributed by atoms with Gasteiger partial charge in [-0.2, -0.15) is 4.98 Å². The molecule has 1 unspecified atom stereocenters. The van der Waals surface area contributed by atoms with Crippen LogP contribution in [0.4, 0.5) is 11.8 Å². The van der Waals surface area contributed by atoms with Gasteiger partial charge in [-0.15, -0.1) is 0 Å². The van der Waals surface area contributed by atoms with Gasteiger partial charge in [0, 0.05) is 44.5 Å². The van der Waals surface area contributed by atoms with Crippen molar-refractivity contribution in [1.82, 2.24) is 14.9 Å². The van der Waals surface area contributed by atoms with E-state index in [1.165, 1.54) is 0 Å². The molecule has 4 rings (SSSR count). The van der Waals surface area contributed by atoms with E-state index in [-0.39, 0.29) is 6.10 Å². The molecule has 1 fully saturated rings. The van der Waals surface area contributed by atoms with Gasteiger partial charge in [0.15, 0.2) is 11.5 Å². The summed E-state index contributed by atoms with van der Waals surface area (Å²) in [7, 11) is 0. The molecule has 0 spiro atoms. The molecule has 2 aliphatic rings. The summed E-state index contributed by atoms with van der Waals surface area (Å²) in [6.07, 6.45) is 1.85. The summed E-state index contributed by atoms with van der Waals surface area (Å²) in [4.78, 5) is 13.4. The molecule has 7 heteroatoms. The van der Waals surface area contributed by atoms with Crippen LogP contribution in [-0.2, 0) is 0 Å². The van der Waals surface area contributed by atoms with Gasteiger partial charge < -0.3 is 20.1 Å². The summed E-state index contributed by atoms with van der Waals surface area (Å²) < 4.78 is 11.8. The number of rotatable bonds is 3. The van der Waals surface area contributed by atoms with Crippen molar-refractivity contribution < 1.29 is 9.47 Å². The first-order valence-corrected chi connectivity index (χ1v) is 8.64. The summed E-state index contributed by atoms with van der Waals surface area (Å²) in [6, 6.07) is 7.83. The number of nitrogens with zero attached hydrogens (tertiary/aromatic N) is 4. The van der Waals surface area contributed by atoms with Crippen LogP contribution >= 0.6 is 0 Å². The number of hydrogen-bond acceptors (Lipinski definition) is 7. The van der Waals surface area contributed by atoms with Crippen LogP contribution in [0.25, 0.3) is 0 Å². The first-order valence-electron chi connectivity index (χ1n) is 8.64. The third-order valence-electron chi connectivity index (χ3n) is 4.68. The lowest BCUT2D eigenvalue weighted by Crippen LogP contribution is -2.51. The Labute approximate surface area is 147 Å². The highest BCUT2D eigenvalue weighted by Crippen LogP contribution is 2.31. The van der Waals surface area contributed by atoms with Gasteiger partial charge >= 0.3 is 0 Å². The summed E-state index contributed by atoms with van der Waals surface area (Å²) in [5, 5.41) is 0. The highest BCUT2D eigenvalue weighted by molar-refractivity contribution is 5.44. The van der Waals surface area contributed by atoms with Crippen molar-refractivity contribution in [3.05, 3.63) is 36.0 Å². The molecule has 1 atom stereocenters. The van der Waals surface area contributed by atoms with E-state index in [1.54, 1.807) is 6.20 Å². The van der Waals surface area contributed by atoms with Crippen LogP contribution in [0.1, 0.15) is 5.56 Å². The van der Waals surface area contributed by atoms with Gasteiger partial charge in [0.1, 0.15) is 18.5 Å². The molecule has 0 bridgehead atoms. The first-order chi connectivity index (χ1) is 12.2. The molecule has 0 amide bonds. The van der Waals surface area contributed by atoms with E-state index in [0.717, 1.165) is 49.8 Å². The van der Waals surface area contributed by atoms with Crippen LogP contribution in [0.5, 0.6) is 11.5 Å². The maximum absolute atomic E-state index is 6.05. The Balaban J connectivity index is 1.31. The number of nitrogens with two attached hydrogens (primary N) is 1. The Morgan fingerprint density at radius 3 is 2.68 bits per heavy atom. The topological polar surface area (TPSA) is 76.7 Å². The molecular weight excluding hydrogens is 318 g/mol. The van der Waals surface area contributed by atoms with E-state index in [9.17, 15) is 0 Å². The number of aromatic nitrogens is 2. The number of benzene rings is 1. The molecule has 2 aromatic rings. The smallest absolute Gasteiger partial charge is 0.227 e. The fourth-order valence-electron chi connectivity index (χ4n) is 3.17. The Bertz CT molecular complexity index is 746. The SMILES string of the molecule is Cc1cnc(N2CCN(CC3COc4ccccc4O3)CC2)nc1N.